The molecule has 1 fully saturated rings. The lowest BCUT2D eigenvalue weighted by Gasteiger charge is -2.40. The van der Waals surface area contributed by atoms with Crippen LogP contribution >= 0.6 is 6.19 Å². The van der Waals surface area contributed by atoms with E-state index in [1.54, 1.807) is 0 Å². The molecule has 0 aromatic heterocycles. The van der Waals surface area contributed by atoms with Crippen molar-refractivity contribution in [3.63, 3.8) is 0 Å². The smallest absolute Gasteiger partial charge is 0.0682 e. The fraction of sp³-hybridized carbons (Fsp3) is 0.556. The molecule has 23 heavy (non-hydrogen) atoms. The van der Waals surface area contributed by atoms with Gasteiger partial charge in [-0.1, -0.05) is 42.1 Å². The number of hydrogen-bond acceptors (Lipinski definition) is 3. The van der Waals surface area contributed by atoms with Crippen molar-refractivity contribution in [2.45, 2.75) is 25.7 Å². The molecule has 3 nitrogen and oxygen atoms in total. The number of nitrogens with zero attached hydrogens (tertiary/aromatic N) is 2. The third-order valence-corrected chi connectivity index (χ3v) is 10.4. The molecule has 1 aliphatic heterocycles. The summed E-state index contributed by atoms with van der Waals surface area (Å²) in [6, 6.07) is 10.8. The maximum Gasteiger partial charge on any atom is 0.0682 e. The summed E-state index contributed by atoms with van der Waals surface area (Å²) >= 11 is 6.38. The predicted molar refractivity (Wildman–Crippen MR) is 102 cm³/mol. The Balaban J connectivity index is 2.08. The summed E-state index contributed by atoms with van der Waals surface area (Å²) in [5.74, 6) is 0. The van der Waals surface area contributed by atoms with Crippen LogP contribution in [0.4, 0.5) is 0 Å². The summed E-state index contributed by atoms with van der Waals surface area (Å²) in [6.07, 6.45) is 3.00. The van der Waals surface area contributed by atoms with Gasteiger partial charge in [-0.25, -0.2) is 0 Å². The van der Waals surface area contributed by atoms with Crippen molar-refractivity contribution in [1.82, 2.24) is 9.57 Å². The third kappa shape index (κ3) is 3.41. The lowest BCUT2D eigenvalue weighted by atomic mass is 10.0. The van der Waals surface area contributed by atoms with Gasteiger partial charge in [0, 0.05) is 24.1 Å². The Labute approximate surface area is 145 Å². The molecular weight excluding hydrogens is 323 g/mol. The van der Waals surface area contributed by atoms with E-state index >= 15 is 0 Å². The molecular formula is C18H27N2OPS. The molecule has 2 aliphatic rings. The molecule has 1 atom stereocenters. The maximum absolute atomic E-state index is 6.38. The van der Waals surface area contributed by atoms with Crippen LogP contribution in [0.2, 0.25) is 0 Å². The Bertz CT molecular complexity index is 609. The highest BCUT2D eigenvalue weighted by Gasteiger charge is 2.33. The Kier molecular flexibility index (Phi) is 5.58. The summed E-state index contributed by atoms with van der Waals surface area (Å²) in [6.45, 7) is 3.70. The summed E-state index contributed by atoms with van der Waals surface area (Å²) < 4.78 is 7.87. The third-order valence-electron chi connectivity index (χ3n) is 4.84. The van der Waals surface area contributed by atoms with Gasteiger partial charge in [-0.3, -0.25) is 4.67 Å². The van der Waals surface area contributed by atoms with Crippen LogP contribution in [0.15, 0.2) is 41.3 Å². The van der Waals surface area contributed by atoms with Gasteiger partial charge in [-0.15, -0.1) is 0 Å². The van der Waals surface area contributed by atoms with E-state index in [1.807, 2.05) is 0 Å². The summed E-state index contributed by atoms with van der Waals surface area (Å²) in [5.41, 5.74) is 1.53. The minimum atomic E-state index is -1.88. The standard InChI is InChI=1S/C18H27N2OPS/c1-19(2)22(23,16-8-4-3-5-9-16)18-11-7-6-10-17(18)20-12-14-21-15-13-20/h3-5,8-9H,6-7,10-15H2,1-2H3/t22-/m0/s1. The summed E-state index contributed by atoms with van der Waals surface area (Å²) in [5, 5.41) is 2.86. The largest absolute Gasteiger partial charge is 0.378 e. The number of rotatable bonds is 4. The zero-order valence-corrected chi connectivity index (χ0v) is 15.9. The van der Waals surface area contributed by atoms with Crippen molar-refractivity contribution in [1.29, 1.82) is 0 Å². The van der Waals surface area contributed by atoms with Gasteiger partial charge in [0.15, 0.2) is 0 Å². The van der Waals surface area contributed by atoms with Gasteiger partial charge >= 0.3 is 0 Å². The number of morpholine rings is 1. The zero-order valence-electron chi connectivity index (χ0n) is 14.2. The molecule has 0 N–H and O–H groups in total. The first-order chi connectivity index (χ1) is 11.1. The van der Waals surface area contributed by atoms with Gasteiger partial charge in [-0.05, 0) is 45.1 Å². The Hall–Kier alpha value is -0.670. The Morgan fingerprint density at radius 2 is 1.70 bits per heavy atom. The van der Waals surface area contributed by atoms with Crippen LogP contribution < -0.4 is 5.30 Å². The lowest BCUT2D eigenvalue weighted by molar-refractivity contribution is 0.0510. The number of hydrogen-bond donors (Lipinski definition) is 0. The van der Waals surface area contributed by atoms with E-state index in [1.165, 1.54) is 35.6 Å². The van der Waals surface area contributed by atoms with Gasteiger partial charge in [0.05, 0.1) is 19.4 Å². The van der Waals surface area contributed by atoms with E-state index in [0.717, 1.165) is 32.7 Å². The first kappa shape index (κ1) is 17.2. The van der Waals surface area contributed by atoms with Crippen LogP contribution in [-0.4, -0.2) is 50.0 Å². The van der Waals surface area contributed by atoms with Crippen LogP contribution in [0.1, 0.15) is 25.7 Å². The van der Waals surface area contributed by atoms with Crippen LogP contribution in [0.3, 0.4) is 0 Å². The highest BCUT2D eigenvalue weighted by molar-refractivity contribution is 8.19. The summed E-state index contributed by atoms with van der Waals surface area (Å²) in [7, 11) is 4.32. The van der Waals surface area contributed by atoms with Crippen molar-refractivity contribution >= 4 is 23.3 Å². The van der Waals surface area contributed by atoms with Crippen molar-refractivity contribution < 1.29 is 4.74 Å². The number of allylic oxidation sites excluding steroid dienone is 2. The Morgan fingerprint density at radius 1 is 1.04 bits per heavy atom. The van der Waals surface area contributed by atoms with Crippen LogP contribution in [0.25, 0.3) is 0 Å². The number of benzene rings is 1. The van der Waals surface area contributed by atoms with Crippen molar-refractivity contribution in [3.8, 4) is 0 Å². The van der Waals surface area contributed by atoms with Crippen LogP contribution in [-0.2, 0) is 16.5 Å². The first-order valence-corrected chi connectivity index (χ1v) is 11.3. The fourth-order valence-corrected chi connectivity index (χ4v) is 7.48. The molecule has 0 unspecified atom stereocenters. The normalized spacial score (nSPS) is 22.3. The van der Waals surface area contributed by atoms with Crippen LogP contribution in [0, 0.1) is 0 Å². The zero-order chi connectivity index (χ0) is 16.3. The van der Waals surface area contributed by atoms with Gasteiger partial charge in [0.1, 0.15) is 0 Å². The van der Waals surface area contributed by atoms with Gasteiger partial charge < -0.3 is 9.64 Å². The van der Waals surface area contributed by atoms with E-state index < -0.39 is 6.19 Å². The first-order valence-electron chi connectivity index (χ1n) is 8.53. The fourth-order valence-electron chi connectivity index (χ4n) is 3.63. The molecule has 0 saturated carbocycles. The average Bonchev–Trinajstić information content (AvgIpc) is 2.62. The molecule has 1 heterocycles. The van der Waals surface area contributed by atoms with E-state index in [0.29, 0.717) is 0 Å². The molecule has 1 saturated heterocycles. The highest BCUT2D eigenvalue weighted by atomic mass is 32.4. The monoisotopic (exact) mass is 350 g/mol. The van der Waals surface area contributed by atoms with Gasteiger partial charge in [0.25, 0.3) is 0 Å². The molecule has 126 valence electrons. The molecule has 1 aliphatic carbocycles. The van der Waals surface area contributed by atoms with E-state index in [4.69, 9.17) is 16.5 Å². The molecule has 1 aromatic rings. The van der Waals surface area contributed by atoms with E-state index in [2.05, 4.69) is 54.0 Å². The van der Waals surface area contributed by atoms with E-state index in [9.17, 15) is 0 Å². The molecule has 3 rings (SSSR count). The van der Waals surface area contributed by atoms with Crippen molar-refractivity contribution in [2.24, 2.45) is 0 Å². The number of ether oxygens (including phenoxy) is 1. The minimum Gasteiger partial charge on any atom is -0.378 e. The maximum atomic E-state index is 6.38. The van der Waals surface area contributed by atoms with Crippen LogP contribution in [0.5, 0.6) is 0 Å². The predicted octanol–water partition coefficient (Wildman–Crippen LogP) is 3.39. The second-order valence-corrected chi connectivity index (χ2v) is 11.1. The summed E-state index contributed by atoms with van der Waals surface area (Å²) in [4.78, 5) is 2.55. The SMILES string of the molecule is CN(C)[P@@](=S)(C1=C(N2CCOCC2)CCCC1)c1ccccc1. The van der Waals surface area contributed by atoms with Gasteiger partial charge in [-0.2, -0.15) is 0 Å². The molecule has 0 radical (unpaired) electrons. The van der Waals surface area contributed by atoms with Crippen molar-refractivity contribution in [2.75, 3.05) is 40.4 Å². The molecule has 0 spiro atoms. The molecule has 0 bridgehead atoms. The minimum absolute atomic E-state index is 0.840. The average molecular weight is 350 g/mol. The van der Waals surface area contributed by atoms with Crippen molar-refractivity contribution in [3.05, 3.63) is 41.3 Å². The Morgan fingerprint density at radius 3 is 2.35 bits per heavy atom. The lowest BCUT2D eigenvalue weighted by Crippen LogP contribution is -2.37. The second kappa shape index (κ2) is 7.48. The quantitative estimate of drug-likeness (QED) is 0.773. The molecule has 5 heteroatoms. The van der Waals surface area contributed by atoms with Gasteiger partial charge in [0.2, 0.25) is 0 Å². The second-order valence-electron chi connectivity index (χ2n) is 6.46. The molecule has 0 amide bonds. The molecule has 1 aromatic carbocycles. The highest BCUT2D eigenvalue weighted by Crippen LogP contribution is 2.59. The van der Waals surface area contributed by atoms with E-state index in [-0.39, 0.29) is 0 Å². The topological polar surface area (TPSA) is 15.7 Å².